The summed E-state index contributed by atoms with van der Waals surface area (Å²) in [6.45, 7) is 4.17. The van der Waals surface area contributed by atoms with Gasteiger partial charge in [0.15, 0.2) is 0 Å². The normalized spacial score (nSPS) is 17.3. The molecule has 1 N–H and O–H groups in total. The number of carbonyl (C=O) groups is 1. The van der Waals surface area contributed by atoms with Gasteiger partial charge < -0.3 is 4.90 Å². The highest BCUT2D eigenvalue weighted by Gasteiger charge is 2.33. The number of nitrogens with one attached hydrogen (secondary N) is 1. The number of para-hydroxylation sites is 1. The molecule has 0 saturated carbocycles. The number of fused-ring (bicyclic) bond motifs is 1. The van der Waals surface area contributed by atoms with Crippen LogP contribution in [0.15, 0.2) is 53.4 Å². The van der Waals surface area contributed by atoms with Crippen LogP contribution in [0.25, 0.3) is 10.2 Å². The lowest BCUT2D eigenvalue weighted by molar-refractivity contribution is 0.0735. The zero-order valence-corrected chi connectivity index (χ0v) is 18.0. The van der Waals surface area contributed by atoms with Crippen molar-refractivity contribution >= 4 is 37.5 Å². The number of nitrogens with zero attached hydrogens (tertiary/aromatic N) is 2. The first-order valence-electron chi connectivity index (χ1n) is 9.64. The van der Waals surface area contributed by atoms with Gasteiger partial charge in [0.25, 0.3) is 5.91 Å². The molecule has 1 amide bonds. The number of rotatable bonds is 5. The zero-order chi connectivity index (χ0) is 20.6. The quantitative estimate of drug-likeness (QED) is 0.666. The van der Waals surface area contributed by atoms with Gasteiger partial charge in [-0.25, -0.2) is 18.1 Å². The minimum atomic E-state index is -3.65. The molecule has 1 atom stereocenters. The van der Waals surface area contributed by atoms with E-state index in [2.05, 4.69) is 4.72 Å². The number of thiazole rings is 1. The molecule has 1 aromatic heterocycles. The molecule has 0 aliphatic carbocycles. The van der Waals surface area contributed by atoms with Gasteiger partial charge in [0.05, 0.1) is 21.2 Å². The van der Waals surface area contributed by atoms with Gasteiger partial charge in [0.2, 0.25) is 10.0 Å². The minimum Gasteiger partial charge on any atom is -0.329 e. The fraction of sp³-hybridized carbons (Fsp3) is 0.333. The molecule has 1 unspecified atom stereocenters. The Morgan fingerprint density at radius 3 is 2.76 bits per heavy atom. The molecule has 1 saturated heterocycles. The van der Waals surface area contributed by atoms with Crippen LogP contribution in [0.4, 0.5) is 0 Å². The lowest BCUT2D eigenvalue weighted by Gasteiger charge is -2.23. The van der Waals surface area contributed by atoms with Crippen molar-refractivity contribution in [3.63, 3.8) is 0 Å². The molecule has 0 bridgehead atoms. The Balaban J connectivity index is 1.62. The molecule has 152 valence electrons. The first-order valence-corrected chi connectivity index (χ1v) is 11.9. The number of likely N-dealkylation sites (tertiary alicyclic amines) is 1. The van der Waals surface area contributed by atoms with E-state index in [9.17, 15) is 13.2 Å². The second kappa shape index (κ2) is 7.85. The average Bonchev–Trinajstić information content (AvgIpc) is 3.33. The lowest BCUT2D eigenvalue weighted by Crippen LogP contribution is -2.32. The second-order valence-electron chi connectivity index (χ2n) is 7.48. The molecule has 0 spiro atoms. The van der Waals surface area contributed by atoms with Crippen LogP contribution in [0.2, 0.25) is 0 Å². The largest absolute Gasteiger partial charge is 0.329 e. The molecule has 0 radical (unpaired) electrons. The summed E-state index contributed by atoms with van der Waals surface area (Å²) in [5.41, 5.74) is 1.32. The van der Waals surface area contributed by atoms with Crippen LogP contribution in [0.5, 0.6) is 0 Å². The summed E-state index contributed by atoms with van der Waals surface area (Å²) in [6, 6.07) is 13.9. The van der Waals surface area contributed by atoms with Gasteiger partial charge in [-0.15, -0.1) is 11.3 Å². The van der Waals surface area contributed by atoms with Crippen LogP contribution in [-0.4, -0.2) is 36.8 Å². The molecule has 1 aliphatic rings. The first-order chi connectivity index (χ1) is 13.8. The van der Waals surface area contributed by atoms with Crippen LogP contribution in [0.3, 0.4) is 0 Å². The predicted molar refractivity (Wildman–Crippen MR) is 115 cm³/mol. The Hall–Kier alpha value is -2.29. The highest BCUT2D eigenvalue weighted by molar-refractivity contribution is 7.89. The smallest absolute Gasteiger partial charge is 0.254 e. The Kier molecular flexibility index (Phi) is 5.42. The van der Waals surface area contributed by atoms with E-state index in [-0.39, 0.29) is 22.9 Å². The van der Waals surface area contributed by atoms with Crippen molar-refractivity contribution in [3.05, 3.63) is 59.1 Å². The minimum absolute atomic E-state index is 0.0750. The lowest BCUT2D eigenvalue weighted by atomic mass is 10.1. The molecule has 8 heteroatoms. The Labute approximate surface area is 174 Å². The average molecular weight is 430 g/mol. The molecular formula is C21H23N3O3S2. The number of carbonyl (C=O) groups excluding carboxylic acids is 1. The summed E-state index contributed by atoms with van der Waals surface area (Å²) in [7, 11) is -3.65. The second-order valence-corrected chi connectivity index (χ2v) is 10.3. The molecule has 1 fully saturated rings. The van der Waals surface area contributed by atoms with E-state index in [1.165, 1.54) is 12.1 Å². The van der Waals surface area contributed by atoms with Crippen molar-refractivity contribution in [2.45, 2.75) is 43.7 Å². The van der Waals surface area contributed by atoms with E-state index in [4.69, 9.17) is 4.98 Å². The highest BCUT2D eigenvalue weighted by Crippen LogP contribution is 2.37. The molecule has 1 aliphatic heterocycles. The Morgan fingerprint density at radius 2 is 2.00 bits per heavy atom. The molecule has 2 aromatic carbocycles. The number of hydrogen-bond acceptors (Lipinski definition) is 5. The maximum Gasteiger partial charge on any atom is 0.254 e. The fourth-order valence-electron chi connectivity index (χ4n) is 3.64. The van der Waals surface area contributed by atoms with Gasteiger partial charge in [-0.1, -0.05) is 18.2 Å². The van der Waals surface area contributed by atoms with Crippen molar-refractivity contribution in [3.8, 4) is 0 Å². The third-order valence-corrected chi connectivity index (χ3v) is 7.69. The van der Waals surface area contributed by atoms with E-state index in [0.717, 1.165) is 28.1 Å². The van der Waals surface area contributed by atoms with E-state index in [1.54, 1.807) is 37.3 Å². The third kappa shape index (κ3) is 4.05. The van der Waals surface area contributed by atoms with E-state index >= 15 is 0 Å². The van der Waals surface area contributed by atoms with Crippen LogP contribution in [0, 0.1) is 0 Å². The van der Waals surface area contributed by atoms with Gasteiger partial charge >= 0.3 is 0 Å². The summed E-state index contributed by atoms with van der Waals surface area (Å²) in [5, 5.41) is 0.933. The topological polar surface area (TPSA) is 79.4 Å². The molecule has 29 heavy (non-hydrogen) atoms. The molecular weight excluding hydrogens is 406 g/mol. The SMILES string of the molecule is CC(C)NS(=O)(=O)c1cccc(C(=O)N2CCCC2c2nc3ccccc3s2)c1. The summed E-state index contributed by atoms with van der Waals surface area (Å²) >= 11 is 1.61. The van der Waals surface area contributed by atoms with E-state index in [0.29, 0.717) is 12.1 Å². The predicted octanol–water partition coefficient (Wildman–Crippen LogP) is 3.96. The van der Waals surface area contributed by atoms with Crippen molar-refractivity contribution in [1.82, 2.24) is 14.6 Å². The van der Waals surface area contributed by atoms with Crippen LogP contribution in [0.1, 0.15) is 48.1 Å². The fourth-order valence-corrected chi connectivity index (χ4v) is 6.05. The van der Waals surface area contributed by atoms with Gasteiger partial charge in [-0.3, -0.25) is 4.79 Å². The third-order valence-electron chi connectivity index (χ3n) is 4.89. The monoisotopic (exact) mass is 429 g/mol. The number of benzene rings is 2. The Bertz CT molecular complexity index is 1120. The summed E-state index contributed by atoms with van der Waals surface area (Å²) in [5.74, 6) is -0.159. The number of hydrogen-bond donors (Lipinski definition) is 1. The summed E-state index contributed by atoms with van der Waals surface area (Å²) < 4.78 is 28.6. The van der Waals surface area contributed by atoms with E-state index in [1.807, 2.05) is 29.2 Å². The maximum atomic E-state index is 13.2. The summed E-state index contributed by atoms with van der Waals surface area (Å²) in [4.78, 5) is 19.9. The van der Waals surface area contributed by atoms with Gasteiger partial charge in [-0.2, -0.15) is 0 Å². The molecule has 3 aromatic rings. The molecule has 4 rings (SSSR count). The van der Waals surface area contributed by atoms with Gasteiger partial charge in [-0.05, 0) is 57.0 Å². The van der Waals surface area contributed by atoms with Crippen molar-refractivity contribution in [1.29, 1.82) is 0 Å². The Morgan fingerprint density at radius 1 is 1.21 bits per heavy atom. The van der Waals surface area contributed by atoms with Gasteiger partial charge in [0, 0.05) is 18.2 Å². The number of aromatic nitrogens is 1. The van der Waals surface area contributed by atoms with Crippen molar-refractivity contribution < 1.29 is 13.2 Å². The number of amides is 1. The maximum absolute atomic E-state index is 13.2. The van der Waals surface area contributed by atoms with E-state index < -0.39 is 10.0 Å². The first kappa shape index (κ1) is 20.0. The van der Waals surface area contributed by atoms with Crippen molar-refractivity contribution in [2.24, 2.45) is 0 Å². The van der Waals surface area contributed by atoms with Gasteiger partial charge in [0.1, 0.15) is 5.01 Å². The highest BCUT2D eigenvalue weighted by atomic mass is 32.2. The zero-order valence-electron chi connectivity index (χ0n) is 16.3. The van der Waals surface area contributed by atoms with Crippen LogP contribution in [-0.2, 0) is 10.0 Å². The molecule has 6 nitrogen and oxygen atoms in total. The molecule has 2 heterocycles. The number of sulfonamides is 1. The van der Waals surface area contributed by atoms with Crippen LogP contribution < -0.4 is 4.72 Å². The van der Waals surface area contributed by atoms with Crippen LogP contribution >= 0.6 is 11.3 Å². The summed E-state index contributed by atoms with van der Waals surface area (Å²) in [6.07, 6.45) is 1.76. The standard InChI is InChI=1S/C21H23N3O3S2/c1-14(2)23-29(26,27)16-8-5-7-15(13-16)21(25)24-12-6-10-18(24)20-22-17-9-3-4-11-19(17)28-20/h3-5,7-9,11,13-14,18,23H,6,10,12H2,1-2H3. The van der Waals surface area contributed by atoms with Crippen molar-refractivity contribution in [2.75, 3.05) is 6.54 Å².